The highest BCUT2D eigenvalue weighted by atomic mass is 16.6. The number of morpholine rings is 1. The van der Waals surface area contributed by atoms with Crippen LogP contribution in [0.25, 0.3) is 0 Å². The number of ether oxygens (including phenoxy) is 2. The molecule has 0 bridgehead atoms. The molecule has 0 saturated carbocycles. The molecule has 0 unspecified atom stereocenters. The maximum atomic E-state index is 13.1. The molecule has 0 aliphatic carbocycles. The second kappa shape index (κ2) is 7.86. The maximum Gasteiger partial charge on any atom is 0.411 e. The molecule has 2 aliphatic rings. The Balaban J connectivity index is 1.70. The van der Waals surface area contributed by atoms with Gasteiger partial charge in [0.05, 0.1) is 25.8 Å². The SMILES string of the molecule is CC(C)(C)OC(=O)N1C[C@@H](O)C[C@H]1C(=O)N1CCO[C@H](c2ccccc2)C1. The summed E-state index contributed by atoms with van der Waals surface area (Å²) in [4.78, 5) is 28.7. The van der Waals surface area contributed by atoms with Gasteiger partial charge < -0.3 is 19.5 Å². The third-order valence-corrected chi connectivity index (χ3v) is 4.74. The van der Waals surface area contributed by atoms with E-state index in [1.54, 1.807) is 25.7 Å². The fourth-order valence-electron chi connectivity index (χ4n) is 3.50. The lowest BCUT2D eigenvalue weighted by molar-refractivity contribution is -0.143. The van der Waals surface area contributed by atoms with E-state index in [1.165, 1.54) is 4.90 Å². The van der Waals surface area contributed by atoms with Crippen LogP contribution < -0.4 is 0 Å². The Bertz CT molecular complexity index is 673. The summed E-state index contributed by atoms with van der Waals surface area (Å²) in [7, 11) is 0. The largest absolute Gasteiger partial charge is 0.444 e. The van der Waals surface area contributed by atoms with Crippen LogP contribution in [0.15, 0.2) is 30.3 Å². The molecular weight excluding hydrogens is 348 g/mol. The van der Waals surface area contributed by atoms with E-state index in [2.05, 4.69) is 0 Å². The van der Waals surface area contributed by atoms with Gasteiger partial charge in [-0.25, -0.2) is 4.79 Å². The molecule has 3 atom stereocenters. The van der Waals surface area contributed by atoms with E-state index < -0.39 is 23.8 Å². The highest BCUT2D eigenvalue weighted by molar-refractivity contribution is 5.86. The predicted octanol–water partition coefficient (Wildman–Crippen LogP) is 1.96. The number of aliphatic hydroxyl groups excluding tert-OH is 1. The van der Waals surface area contributed by atoms with Gasteiger partial charge in [0.15, 0.2) is 0 Å². The van der Waals surface area contributed by atoms with E-state index in [0.29, 0.717) is 19.7 Å². The average molecular weight is 376 g/mol. The van der Waals surface area contributed by atoms with Crippen molar-refractivity contribution in [3.8, 4) is 0 Å². The van der Waals surface area contributed by atoms with E-state index in [9.17, 15) is 14.7 Å². The van der Waals surface area contributed by atoms with E-state index in [1.807, 2.05) is 30.3 Å². The molecule has 7 nitrogen and oxygen atoms in total. The van der Waals surface area contributed by atoms with Gasteiger partial charge in [-0.3, -0.25) is 9.69 Å². The minimum absolute atomic E-state index is 0.109. The average Bonchev–Trinajstić information content (AvgIpc) is 3.02. The molecule has 1 aromatic carbocycles. The van der Waals surface area contributed by atoms with Crippen molar-refractivity contribution >= 4 is 12.0 Å². The van der Waals surface area contributed by atoms with Crippen LogP contribution in [0.2, 0.25) is 0 Å². The molecule has 0 spiro atoms. The predicted molar refractivity (Wildman–Crippen MR) is 99.1 cm³/mol. The topological polar surface area (TPSA) is 79.3 Å². The first-order chi connectivity index (χ1) is 12.7. The molecule has 0 radical (unpaired) electrons. The Morgan fingerprint density at radius 1 is 1.19 bits per heavy atom. The third kappa shape index (κ3) is 4.78. The number of rotatable bonds is 2. The summed E-state index contributed by atoms with van der Waals surface area (Å²) in [6.45, 7) is 6.78. The monoisotopic (exact) mass is 376 g/mol. The first-order valence-corrected chi connectivity index (χ1v) is 9.37. The third-order valence-electron chi connectivity index (χ3n) is 4.74. The lowest BCUT2D eigenvalue weighted by Crippen LogP contribution is -2.52. The summed E-state index contributed by atoms with van der Waals surface area (Å²) in [6, 6.07) is 9.07. The quantitative estimate of drug-likeness (QED) is 0.854. The molecule has 3 rings (SSSR count). The summed E-state index contributed by atoms with van der Waals surface area (Å²) in [6.07, 6.45) is -1.25. The number of carbonyl (C=O) groups excluding carboxylic acids is 2. The standard InChI is InChI=1S/C20H28N2O5/c1-20(2,3)27-19(25)22-12-15(23)11-16(22)18(24)21-9-10-26-17(13-21)14-7-5-4-6-8-14/h4-8,15-17,23H,9-13H2,1-3H3/t15-,16-,17-/m0/s1. The van der Waals surface area contributed by atoms with E-state index in [-0.39, 0.29) is 25.0 Å². The van der Waals surface area contributed by atoms with E-state index in [4.69, 9.17) is 9.47 Å². The Morgan fingerprint density at radius 2 is 1.89 bits per heavy atom. The molecule has 1 aromatic rings. The number of carbonyl (C=O) groups is 2. The van der Waals surface area contributed by atoms with Crippen LogP contribution >= 0.6 is 0 Å². The summed E-state index contributed by atoms with van der Waals surface area (Å²) >= 11 is 0. The molecule has 27 heavy (non-hydrogen) atoms. The normalized spacial score (nSPS) is 26.1. The van der Waals surface area contributed by atoms with Crippen molar-refractivity contribution in [3.63, 3.8) is 0 Å². The Labute approximate surface area is 159 Å². The number of benzene rings is 1. The number of β-amino-alcohol motifs (C(OH)–C–C–N with tert-alkyl or cyclic N) is 1. The van der Waals surface area contributed by atoms with E-state index in [0.717, 1.165) is 5.56 Å². The fraction of sp³-hybridized carbons (Fsp3) is 0.600. The smallest absolute Gasteiger partial charge is 0.411 e. The van der Waals surface area contributed by atoms with Gasteiger partial charge in [0.25, 0.3) is 0 Å². The molecule has 2 fully saturated rings. The maximum absolute atomic E-state index is 13.1. The second-order valence-electron chi connectivity index (χ2n) is 8.09. The molecule has 0 aromatic heterocycles. The summed E-state index contributed by atoms with van der Waals surface area (Å²) in [5.41, 5.74) is 0.362. The van der Waals surface area contributed by atoms with Crippen molar-refractivity contribution in [2.24, 2.45) is 0 Å². The first-order valence-electron chi connectivity index (χ1n) is 9.37. The van der Waals surface area contributed by atoms with Crippen molar-refractivity contribution < 1.29 is 24.2 Å². The van der Waals surface area contributed by atoms with Gasteiger partial charge in [-0.2, -0.15) is 0 Å². The molecule has 2 aliphatic heterocycles. The molecule has 1 N–H and O–H groups in total. The van der Waals surface area contributed by atoms with Gasteiger partial charge >= 0.3 is 6.09 Å². The zero-order chi connectivity index (χ0) is 19.6. The summed E-state index contributed by atoms with van der Waals surface area (Å²) < 4.78 is 11.2. The molecule has 2 heterocycles. The zero-order valence-electron chi connectivity index (χ0n) is 16.1. The van der Waals surface area contributed by atoms with Gasteiger partial charge in [-0.1, -0.05) is 30.3 Å². The van der Waals surface area contributed by atoms with Gasteiger partial charge in [0, 0.05) is 13.0 Å². The van der Waals surface area contributed by atoms with Gasteiger partial charge in [-0.15, -0.1) is 0 Å². The Hall–Kier alpha value is -2.12. The summed E-state index contributed by atoms with van der Waals surface area (Å²) in [5, 5.41) is 10.0. The van der Waals surface area contributed by atoms with Crippen LogP contribution in [0.4, 0.5) is 4.79 Å². The van der Waals surface area contributed by atoms with Crippen LogP contribution in [-0.2, 0) is 14.3 Å². The lowest BCUT2D eigenvalue weighted by atomic mass is 10.1. The minimum atomic E-state index is -0.725. The Kier molecular flexibility index (Phi) is 5.72. The number of hydrogen-bond acceptors (Lipinski definition) is 5. The van der Waals surface area contributed by atoms with Crippen LogP contribution in [0.5, 0.6) is 0 Å². The van der Waals surface area contributed by atoms with Gasteiger partial charge in [-0.05, 0) is 26.3 Å². The van der Waals surface area contributed by atoms with Crippen molar-refractivity contribution in [2.45, 2.75) is 51.0 Å². The molecule has 2 amide bonds. The van der Waals surface area contributed by atoms with E-state index >= 15 is 0 Å². The number of nitrogens with zero attached hydrogens (tertiary/aromatic N) is 2. The van der Waals surface area contributed by atoms with Crippen molar-refractivity contribution in [1.29, 1.82) is 0 Å². The van der Waals surface area contributed by atoms with Crippen LogP contribution in [0, 0.1) is 0 Å². The van der Waals surface area contributed by atoms with Crippen LogP contribution in [-0.4, -0.2) is 70.9 Å². The zero-order valence-corrected chi connectivity index (χ0v) is 16.1. The lowest BCUT2D eigenvalue weighted by Gasteiger charge is -2.36. The fourth-order valence-corrected chi connectivity index (χ4v) is 3.50. The highest BCUT2D eigenvalue weighted by Gasteiger charge is 2.43. The second-order valence-corrected chi connectivity index (χ2v) is 8.09. The van der Waals surface area contributed by atoms with Crippen LogP contribution in [0.3, 0.4) is 0 Å². The van der Waals surface area contributed by atoms with Gasteiger partial charge in [0.1, 0.15) is 17.7 Å². The number of hydrogen-bond donors (Lipinski definition) is 1. The first kappa shape index (κ1) is 19.6. The van der Waals surface area contributed by atoms with Gasteiger partial charge in [0.2, 0.25) is 5.91 Å². The summed E-state index contributed by atoms with van der Waals surface area (Å²) in [5.74, 6) is -0.165. The number of amides is 2. The van der Waals surface area contributed by atoms with Crippen molar-refractivity contribution in [1.82, 2.24) is 9.80 Å². The number of likely N-dealkylation sites (tertiary alicyclic amines) is 1. The highest BCUT2D eigenvalue weighted by Crippen LogP contribution is 2.27. The molecular formula is C20H28N2O5. The van der Waals surface area contributed by atoms with Crippen LogP contribution in [0.1, 0.15) is 38.9 Å². The number of aliphatic hydroxyl groups is 1. The molecule has 7 heteroatoms. The van der Waals surface area contributed by atoms with Crippen molar-refractivity contribution in [3.05, 3.63) is 35.9 Å². The molecule has 148 valence electrons. The van der Waals surface area contributed by atoms with Crippen molar-refractivity contribution in [2.75, 3.05) is 26.2 Å². The molecule has 2 saturated heterocycles. The Morgan fingerprint density at radius 3 is 2.56 bits per heavy atom. The minimum Gasteiger partial charge on any atom is -0.444 e.